The molecule has 1 aromatic heterocycles. The summed E-state index contributed by atoms with van der Waals surface area (Å²) < 4.78 is 1.81. The van der Waals surface area contributed by atoms with E-state index < -0.39 is 0 Å². The Bertz CT molecular complexity index is 334. The van der Waals surface area contributed by atoms with Crippen molar-refractivity contribution in [1.82, 2.24) is 19.7 Å². The minimum Gasteiger partial charge on any atom is -0.409 e. The van der Waals surface area contributed by atoms with Gasteiger partial charge in [0.25, 0.3) is 0 Å². The molecule has 0 atom stereocenters. The molecular formula is C8H16N6O. The number of amidine groups is 1. The third kappa shape index (κ3) is 3.21. The van der Waals surface area contributed by atoms with Crippen molar-refractivity contribution in [3.8, 4) is 0 Å². The predicted molar refractivity (Wildman–Crippen MR) is 55.4 cm³/mol. The summed E-state index contributed by atoms with van der Waals surface area (Å²) in [4.78, 5) is 6.02. The second-order valence-corrected chi connectivity index (χ2v) is 3.26. The topological polar surface area (TPSA) is 92.6 Å². The summed E-state index contributed by atoms with van der Waals surface area (Å²) in [6, 6.07) is 0. The van der Waals surface area contributed by atoms with Gasteiger partial charge in [-0.15, -0.1) is 0 Å². The standard InChI is InChI=1S/C8H16N6O/c1-3-14-8(10-6-11-14)5-13(2)4-7(9)12-15/h6,15H,3-5H2,1-2H3,(H2,9,12). The molecule has 0 spiro atoms. The van der Waals surface area contributed by atoms with Crippen LogP contribution in [0.4, 0.5) is 0 Å². The number of likely N-dealkylation sites (N-methyl/N-ethyl adjacent to an activating group) is 1. The van der Waals surface area contributed by atoms with Crippen molar-refractivity contribution in [3.63, 3.8) is 0 Å². The smallest absolute Gasteiger partial charge is 0.153 e. The Labute approximate surface area is 88.2 Å². The van der Waals surface area contributed by atoms with Gasteiger partial charge in [0.1, 0.15) is 12.2 Å². The maximum Gasteiger partial charge on any atom is 0.153 e. The van der Waals surface area contributed by atoms with Crippen molar-refractivity contribution in [2.75, 3.05) is 13.6 Å². The molecule has 0 aromatic carbocycles. The van der Waals surface area contributed by atoms with Crippen LogP contribution in [0.15, 0.2) is 11.5 Å². The largest absolute Gasteiger partial charge is 0.409 e. The molecule has 84 valence electrons. The van der Waals surface area contributed by atoms with E-state index in [0.717, 1.165) is 12.4 Å². The highest BCUT2D eigenvalue weighted by atomic mass is 16.4. The van der Waals surface area contributed by atoms with Crippen molar-refractivity contribution in [1.29, 1.82) is 0 Å². The number of hydrogen-bond acceptors (Lipinski definition) is 5. The van der Waals surface area contributed by atoms with Gasteiger partial charge in [-0.2, -0.15) is 5.10 Å². The van der Waals surface area contributed by atoms with Crippen LogP contribution < -0.4 is 5.73 Å². The Balaban J connectivity index is 2.54. The molecular weight excluding hydrogens is 196 g/mol. The van der Waals surface area contributed by atoms with E-state index >= 15 is 0 Å². The zero-order valence-corrected chi connectivity index (χ0v) is 8.96. The molecule has 0 bridgehead atoms. The van der Waals surface area contributed by atoms with Gasteiger partial charge in [-0.25, -0.2) is 9.67 Å². The molecule has 3 N–H and O–H groups in total. The zero-order chi connectivity index (χ0) is 11.3. The predicted octanol–water partition coefficient (Wildman–Crippen LogP) is -0.524. The number of rotatable bonds is 5. The molecule has 0 aliphatic heterocycles. The Morgan fingerprint density at radius 3 is 3.07 bits per heavy atom. The van der Waals surface area contributed by atoms with Crippen LogP contribution in [0.1, 0.15) is 12.7 Å². The van der Waals surface area contributed by atoms with Crippen molar-refractivity contribution in [2.24, 2.45) is 10.9 Å². The number of nitrogens with zero attached hydrogens (tertiary/aromatic N) is 5. The van der Waals surface area contributed by atoms with Crippen molar-refractivity contribution < 1.29 is 5.21 Å². The summed E-state index contributed by atoms with van der Waals surface area (Å²) >= 11 is 0. The molecule has 1 heterocycles. The van der Waals surface area contributed by atoms with Gasteiger partial charge in [0.15, 0.2) is 5.84 Å². The Kier molecular flexibility index (Phi) is 4.04. The monoisotopic (exact) mass is 212 g/mol. The third-order valence-corrected chi connectivity index (χ3v) is 1.97. The zero-order valence-electron chi connectivity index (χ0n) is 8.96. The second kappa shape index (κ2) is 5.30. The summed E-state index contributed by atoms with van der Waals surface area (Å²) in [5.74, 6) is 1.05. The lowest BCUT2D eigenvalue weighted by Crippen LogP contribution is -2.31. The maximum atomic E-state index is 8.41. The normalized spacial score (nSPS) is 12.3. The van der Waals surface area contributed by atoms with E-state index in [-0.39, 0.29) is 5.84 Å². The van der Waals surface area contributed by atoms with Gasteiger partial charge in [-0.05, 0) is 14.0 Å². The fourth-order valence-electron chi connectivity index (χ4n) is 1.28. The van der Waals surface area contributed by atoms with Gasteiger partial charge >= 0.3 is 0 Å². The van der Waals surface area contributed by atoms with Crippen LogP contribution >= 0.6 is 0 Å². The lowest BCUT2D eigenvalue weighted by Gasteiger charge is -2.14. The first kappa shape index (κ1) is 11.4. The Morgan fingerprint density at radius 1 is 1.73 bits per heavy atom. The summed E-state index contributed by atoms with van der Waals surface area (Å²) in [5, 5.41) is 15.4. The summed E-state index contributed by atoms with van der Waals surface area (Å²) in [7, 11) is 1.87. The van der Waals surface area contributed by atoms with Crippen molar-refractivity contribution in [2.45, 2.75) is 20.0 Å². The highest BCUT2D eigenvalue weighted by Gasteiger charge is 2.07. The van der Waals surface area contributed by atoms with Crippen LogP contribution in [0.5, 0.6) is 0 Å². The first-order valence-corrected chi connectivity index (χ1v) is 4.69. The summed E-state index contributed by atoms with van der Waals surface area (Å²) in [6.07, 6.45) is 1.52. The molecule has 0 fully saturated rings. The molecule has 0 aliphatic rings. The number of hydrogen-bond donors (Lipinski definition) is 2. The lowest BCUT2D eigenvalue weighted by molar-refractivity contribution is 0.305. The van der Waals surface area contributed by atoms with Gasteiger partial charge in [0.2, 0.25) is 0 Å². The van der Waals surface area contributed by atoms with Crippen LogP contribution in [0, 0.1) is 0 Å². The van der Waals surface area contributed by atoms with E-state index in [1.54, 1.807) is 0 Å². The molecule has 0 amide bonds. The molecule has 1 rings (SSSR count). The minimum absolute atomic E-state index is 0.181. The van der Waals surface area contributed by atoms with E-state index in [1.807, 2.05) is 23.6 Å². The van der Waals surface area contributed by atoms with Crippen molar-refractivity contribution in [3.05, 3.63) is 12.2 Å². The fraction of sp³-hybridized carbons (Fsp3) is 0.625. The van der Waals surface area contributed by atoms with Crippen LogP contribution in [-0.4, -0.2) is 44.3 Å². The van der Waals surface area contributed by atoms with E-state index in [0.29, 0.717) is 13.1 Å². The first-order chi connectivity index (χ1) is 7.17. The lowest BCUT2D eigenvalue weighted by atomic mass is 10.4. The number of nitrogens with two attached hydrogens (primary N) is 1. The number of oxime groups is 1. The SMILES string of the molecule is CCn1ncnc1CN(C)CC(N)=NO. The quantitative estimate of drug-likeness (QED) is 0.296. The van der Waals surface area contributed by atoms with Crippen LogP contribution in [0.25, 0.3) is 0 Å². The fourth-order valence-corrected chi connectivity index (χ4v) is 1.28. The second-order valence-electron chi connectivity index (χ2n) is 3.26. The van der Waals surface area contributed by atoms with Gasteiger partial charge < -0.3 is 10.9 Å². The average molecular weight is 212 g/mol. The maximum absolute atomic E-state index is 8.41. The molecule has 15 heavy (non-hydrogen) atoms. The summed E-state index contributed by atoms with van der Waals surface area (Å²) in [5.41, 5.74) is 5.39. The third-order valence-electron chi connectivity index (χ3n) is 1.97. The molecule has 1 aromatic rings. The van der Waals surface area contributed by atoms with E-state index in [1.165, 1.54) is 6.33 Å². The van der Waals surface area contributed by atoms with E-state index in [4.69, 9.17) is 10.9 Å². The van der Waals surface area contributed by atoms with Gasteiger partial charge in [-0.1, -0.05) is 5.16 Å². The molecule has 7 nitrogen and oxygen atoms in total. The van der Waals surface area contributed by atoms with Crippen molar-refractivity contribution >= 4 is 5.84 Å². The number of aromatic nitrogens is 3. The number of aryl methyl sites for hydroxylation is 1. The highest BCUT2D eigenvalue weighted by Crippen LogP contribution is 1.98. The first-order valence-electron chi connectivity index (χ1n) is 4.69. The Morgan fingerprint density at radius 2 is 2.47 bits per heavy atom. The van der Waals surface area contributed by atoms with Gasteiger partial charge in [0, 0.05) is 6.54 Å². The minimum atomic E-state index is 0.181. The average Bonchev–Trinajstić information content (AvgIpc) is 2.64. The van der Waals surface area contributed by atoms with Gasteiger partial charge in [-0.3, -0.25) is 4.90 Å². The van der Waals surface area contributed by atoms with Crippen LogP contribution in [0.3, 0.4) is 0 Å². The van der Waals surface area contributed by atoms with Crippen LogP contribution in [-0.2, 0) is 13.1 Å². The molecule has 7 heteroatoms. The highest BCUT2D eigenvalue weighted by molar-refractivity contribution is 5.81. The van der Waals surface area contributed by atoms with E-state index in [2.05, 4.69) is 15.2 Å². The van der Waals surface area contributed by atoms with Gasteiger partial charge in [0.05, 0.1) is 13.1 Å². The summed E-state index contributed by atoms with van der Waals surface area (Å²) in [6.45, 7) is 3.80. The molecule has 0 radical (unpaired) electrons. The van der Waals surface area contributed by atoms with Crippen LogP contribution in [0.2, 0.25) is 0 Å². The molecule has 0 saturated heterocycles. The molecule has 0 saturated carbocycles. The molecule has 0 unspecified atom stereocenters. The van der Waals surface area contributed by atoms with E-state index in [9.17, 15) is 0 Å². The Hall–Kier alpha value is -1.63. The molecule has 0 aliphatic carbocycles.